The van der Waals surface area contributed by atoms with Crippen LogP contribution in [0.3, 0.4) is 0 Å². The Labute approximate surface area is 237 Å². The molecule has 3 aromatic rings. The first kappa shape index (κ1) is 29.3. The molecule has 2 atom stereocenters. The smallest absolute Gasteiger partial charge is 0.251 e. The van der Waals surface area contributed by atoms with Crippen molar-refractivity contribution >= 4 is 17.5 Å². The van der Waals surface area contributed by atoms with Gasteiger partial charge in [-0.1, -0.05) is 55.8 Å². The summed E-state index contributed by atoms with van der Waals surface area (Å²) in [5.74, 6) is 0.632. The van der Waals surface area contributed by atoms with E-state index in [0.29, 0.717) is 38.0 Å². The number of carbonyl (C=O) groups excluding carboxylic acids is 2. The molecule has 40 heavy (non-hydrogen) atoms. The van der Waals surface area contributed by atoms with Crippen molar-refractivity contribution in [2.24, 2.45) is 0 Å². The van der Waals surface area contributed by atoms with Crippen molar-refractivity contribution in [1.82, 2.24) is 10.6 Å². The van der Waals surface area contributed by atoms with Crippen LogP contribution in [0.15, 0.2) is 72.8 Å². The Morgan fingerprint density at radius 3 is 2.55 bits per heavy atom. The molecule has 0 saturated carbocycles. The number of rotatable bonds is 13. The van der Waals surface area contributed by atoms with Crippen molar-refractivity contribution in [3.05, 3.63) is 95.1 Å². The zero-order valence-corrected chi connectivity index (χ0v) is 23.6. The first-order valence-corrected chi connectivity index (χ1v) is 14.3. The minimum Gasteiger partial charge on any atom is -0.497 e. The third kappa shape index (κ3) is 8.16. The number of nitrogens with one attached hydrogen (secondary N) is 2. The number of carbonyl (C=O) groups is 2. The van der Waals surface area contributed by atoms with Crippen LogP contribution < -0.4 is 20.3 Å². The second kappa shape index (κ2) is 14.6. The third-order valence-electron chi connectivity index (χ3n) is 7.31. The van der Waals surface area contributed by atoms with Crippen LogP contribution in [0.25, 0.3) is 0 Å². The molecule has 7 heteroatoms. The minimum absolute atomic E-state index is 0.103. The van der Waals surface area contributed by atoms with E-state index in [4.69, 9.17) is 4.74 Å². The van der Waals surface area contributed by atoms with Gasteiger partial charge in [-0.15, -0.1) is 0 Å². The van der Waals surface area contributed by atoms with Crippen LogP contribution in [-0.4, -0.2) is 49.3 Å². The van der Waals surface area contributed by atoms with Crippen LogP contribution in [0.1, 0.15) is 59.7 Å². The second-order valence-corrected chi connectivity index (χ2v) is 10.5. The fourth-order valence-electron chi connectivity index (χ4n) is 5.16. The fraction of sp³-hybridized carbons (Fsp3) is 0.394. The third-order valence-corrected chi connectivity index (χ3v) is 7.31. The molecular weight excluding hydrogens is 502 g/mol. The zero-order chi connectivity index (χ0) is 28.3. The Kier molecular flexibility index (Phi) is 10.7. The molecule has 0 bridgehead atoms. The summed E-state index contributed by atoms with van der Waals surface area (Å²) in [6.45, 7) is 3.64. The van der Waals surface area contributed by atoms with Crippen LogP contribution in [0.4, 0.5) is 5.69 Å². The van der Waals surface area contributed by atoms with Gasteiger partial charge in [-0.3, -0.25) is 9.59 Å². The van der Waals surface area contributed by atoms with E-state index in [1.54, 1.807) is 12.0 Å². The number of piperidine rings is 1. The Morgan fingerprint density at radius 1 is 1.00 bits per heavy atom. The maximum atomic E-state index is 13.6. The first-order valence-electron chi connectivity index (χ1n) is 14.3. The van der Waals surface area contributed by atoms with E-state index in [0.717, 1.165) is 53.8 Å². The fourth-order valence-corrected chi connectivity index (χ4v) is 5.16. The average molecular weight is 544 g/mol. The normalized spacial score (nSPS) is 15.0. The Balaban J connectivity index is 1.50. The number of aryl methyl sites for hydroxylation is 1. The monoisotopic (exact) mass is 543 g/mol. The number of nitrogens with zero attached hydrogens (tertiary/aromatic N) is 1. The summed E-state index contributed by atoms with van der Waals surface area (Å²) in [6, 6.07) is 22.9. The molecule has 1 saturated heterocycles. The number of anilines is 1. The zero-order valence-electron chi connectivity index (χ0n) is 23.6. The molecule has 3 N–H and O–H groups in total. The molecule has 1 aliphatic rings. The van der Waals surface area contributed by atoms with E-state index < -0.39 is 12.1 Å². The molecule has 4 rings (SSSR count). The Hall–Kier alpha value is -3.68. The van der Waals surface area contributed by atoms with Crippen molar-refractivity contribution in [3.63, 3.8) is 0 Å². The summed E-state index contributed by atoms with van der Waals surface area (Å²) in [6.07, 6.45) is 3.82. The lowest BCUT2D eigenvalue weighted by atomic mass is 9.99. The lowest BCUT2D eigenvalue weighted by molar-refractivity contribution is -0.119. The van der Waals surface area contributed by atoms with Gasteiger partial charge in [0.2, 0.25) is 5.91 Å². The lowest BCUT2D eigenvalue weighted by Crippen LogP contribution is -2.48. The lowest BCUT2D eigenvalue weighted by Gasteiger charge is -2.28. The molecule has 2 unspecified atom stereocenters. The minimum atomic E-state index is -0.822. The SMILES string of the molecule is CCCc1cc(C(=O)NC(Cc2ccccc2)C(O)CNCc2cccc(OC)c2)cc(N2CCCCC2=O)c1. The highest BCUT2D eigenvalue weighted by molar-refractivity contribution is 5.99. The van der Waals surface area contributed by atoms with E-state index in [9.17, 15) is 14.7 Å². The van der Waals surface area contributed by atoms with Gasteiger partial charge in [0.1, 0.15) is 5.75 Å². The highest BCUT2D eigenvalue weighted by Crippen LogP contribution is 2.25. The van der Waals surface area contributed by atoms with Crippen molar-refractivity contribution in [3.8, 4) is 5.75 Å². The standard InChI is InChI=1S/C33H41N3O4/c1-3-10-25-17-27(21-28(18-25)36-16-8-7-15-32(36)38)33(39)35-30(20-24-11-5-4-6-12-24)31(37)23-34-22-26-13-9-14-29(19-26)40-2/h4-6,9,11-14,17-19,21,30-31,34,37H,3,7-8,10,15-16,20,22-23H2,1-2H3,(H,35,39). The molecule has 7 nitrogen and oxygen atoms in total. The molecule has 0 aromatic heterocycles. The molecule has 1 aliphatic heterocycles. The summed E-state index contributed by atoms with van der Waals surface area (Å²) in [4.78, 5) is 28.1. The number of aliphatic hydroxyl groups excluding tert-OH is 1. The molecule has 0 spiro atoms. The van der Waals surface area contributed by atoms with Crippen molar-refractivity contribution < 1.29 is 19.4 Å². The number of aliphatic hydroxyl groups is 1. The number of hydrogen-bond donors (Lipinski definition) is 3. The molecule has 1 fully saturated rings. The van der Waals surface area contributed by atoms with Crippen molar-refractivity contribution in [1.29, 1.82) is 0 Å². The second-order valence-electron chi connectivity index (χ2n) is 10.5. The van der Waals surface area contributed by atoms with E-state index >= 15 is 0 Å². The number of methoxy groups -OCH3 is 1. The van der Waals surface area contributed by atoms with Crippen LogP contribution in [0.2, 0.25) is 0 Å². The quantitative estimate of drug-likeness (QED) is 0.292. The predicted molar refractivity (Wildman–Crippen MR) is 159 cm³/mol. The van der Waals surface area contributed by atoms with E-state index in [1.807, 2.05) is 72.8 Å². The summed E-state index contributed by atoms with van der Waals surface area (Å²) in [5.41, 5.74) is 4.39. The van der Waals surface area contributed by atoms with Gasteiger partial charge in [0.15, 0.2) is 0 Å². The van der Waals surface area contributed by atoms with Gasteiger partial charge < -0.3 is 25.4 Å². The van der Waals surface area contributed by atoms with Gasteiger partial charge in [0.05, 0.1) is 19.3 Å². The first-order chi connectivity index (χ1) is 19.5. The van der Waals surface area contributed by atoms with E-state index in [-0.39, 0.29) is 11.8 Å². The van der Waals surface area contributed by atoms with E-state index in [2.05, 4.69) is 17.6 Å². The maximum Gasteiger partial charge on any atom is 0.251 e. The molecule has 3 aromatic carbocycles. The van der Waals surface area contributed by atoms with Gasteiger partial charge in [-0.25, -0.2) is 0 Å². The van der Waals surface area contributed by atoms with Gasteiger partial charge in [-0.2, -0.15) is 0 Å². The van der Waals surface area contributed by atoms with E-state index in [1.165, 1.54) is 0 Å². The Bertz CT molecular complexity index is 1260. The molecular formula is C33H41N3O4. The summed E-state index contributed by atoms with van der Waals surface area (Å²) < 4.78 is 5.30. The van der Waals surface area contributed by atoms with Crippen LogP contribution >= 0.6 is 0 Å². The summed E-state index contributed by atoms with van der Waals surface area (Å²) in [5, 5.41) is 17.6. The summed E-state index contributed by atoms with van der Waals surface area (Å²) in [7, 11) is 1.64. The molecule has 1 heterocycles. The predicted octanol–water partition coefficient (Wildman–Crippen LogP) is 4.66. The average Bonchev–Trinajstić information content (AvgIpc) is 2.97. The van der Waals surface area contributed by atoms with Crippen LogP contribution in [0, 0.1) is 0 Å². The van der Waals surface area contributed by atoms with Gasteiger partial charge >= 0.3 is 0 Å². The number of amides is 2. The number of benzene rings is 3. The van der Waals surface area contributed by atoms with Gasteiger partial charge in [0, 0.05) is 37.3 Å². The molecule has 212 valence electrons. The maximum absolute atomic E-state index is 13.6. The topological polar surface area (TPSA) is 90.9 Å². The number of ether oxygens (including phenoxy) is 1. The van der Waals surface area contributed by atoms with Crippen molar-refractivity contribution in [2.45, 2.75) is 64.1 Å². The van der Waals surface area contributed by atoms with Gasteiger partial charge in [-0.05, 0) is 72.7 Å². The molecule has 0 radical (unpaired) electrons. The van der Waals surface area contributed by atoms with Gasteiger partial charge in [0.25, 0.3) is 5.91 Å². The highest BCUT2D eigenvalue weighted by Gasteiger charge is 2.25. The Morgan fingerprint density at radius 2 is 1.80 bits per heavy atom. The largest absolute Gasteiger partial charge is 0.497 e. The number of hydrogen-bond acceptors (Lipinski definition) is 5. The van der Waals surface area contributed by atoms with Crippen LogP contribution in [0.5, 0.6) is 5.75 Å². The summed E-state index contributed by atoms with van der Waals surface area (Å²) >= 11 is 0. The van der Waals surface area contributed by atoms with Crippen LogP contribution in [-0.2, 0) is 24.2 Å². The molecule has 0 aliphatic carbocycles. The van der Waals surface area contributed by atoms with Crippen molar-refractivity contribution in [2.75, 3.05) is 25.1 Å². The molecule has 2 amide bonds. The highest BCUT2D eigenvalue weighted by atomic mass is 16.5.